The number of quaternary nitrogens is 1. The molecule has 2 bridgehead atoms. The van der Waals surface area contributed by atoms with Crippen molar-refractivity contribution in [2.75, 3.05) is 31.5 Å². The first-order chi connectivity index (χ1) is 18.0. The van der Waals surface area contributed by atoms with Crippen LogP contribution in [0.2, 0.25) is 0 Å². The molecule has 0 unspecified atom stereocenters. The zero-order chi connectivity index (χ0) is 25.5. The van der Waals surface area contributed by atoms with Gasteiger partial charge in [-0.05, 0) is 11.1 Å². The average Bonchev–Trinajstić information content (AvgIpc) is 3.05. The molecule has 37 heavy (non-hydrogen) atoms. The first-order valence-corrected chi connectivity index (χ1v) is 12.7. The molecule has 2 N–H and O–H groups in total. The van der Waals surface area contributed by atoms with Gasteiger partial charge in [0.2, 0.25) is 5.60 Å². The summed E-state index contributed by atoms with van der Waals surface area (Å²) in [6.07, 6.45) is 9.75. The number of carbonyl (C=O) groups excluding carboxylic acids is 2. The summed E-state index contributed by atoms with van der Waals surface area (Å²) < 4.78 is 6.73. The van der Waals surface area contributed by atoms with Crippen LogP contribution in [0.3, 0.4) is 0 Å². The van der Waals surface area contributed by atoms with Gasteiger partial charge in [-0.1, -0.05) is 60.7 Å². The third-order valence-electron chi connectivity index (χ3n) is 8.06. The number of fused-ring (bicyclic) bond motifs is 5. The molecule has 2 aromatic carbocycles. The molecular weight excluding hydrogens is 468 g/mol. The number of piperidine rings is 3. The predicted octanol–water partition coefficient (Wildman–Crippen LogP) is 2.99. The minimum Gasteiger partial charge on any atom is -0.453 e. The molecule has 0 saturated carbocycles. The summed E-state index contributed by atoms with van der Waals surface area (Å²) in [4.78, 5) is 34.7. The number of esters is 1. The minimum absolute atomic E-state index is 0.114. The number of benzene rings is 2. The molecule has 0 radical (unpaired) electrons. The van der Waals surface area contributed by atoms with Gasteiger partial charge in [0.25, 0.3) is 5.91 Å². The van der Waals surface area contributed by atoms with Gasteiger partial charge in [-0.2, -0.15) is 0 Å². The van der Waals surface area contributed by atoms with E-state index in [9.17, 15) is 14.7 Å². The topological polar surface area (TPSA) is 101 Å². The summed E-state index contributed by atoms with van der Waals surface area (Å²) in [5, 5.41) is 15.0. The molecule has 1 aliphatic carbocycles. The van der Waals surface area contributed by atoms with E-state index in [0.29, 0.717) is 27.8 Å². The summed E-state index contributed by atoms with van der Waals surface area (Å²) in [6.45, 7) is 2.55. The van der Waals surface area contributed by atoms with Crippen molar-refractivity contribution < 1.29 is 23.9 Å². The molecule has 0 spiro atoms. The van der Waals surface area contributed by atoms with Gasteiger partial charge in [0.1, 0.15) is 12.9 Å². The Hall–Kier alpha value is -3.88. The molecule has 188 valence electrons. The van der Waals surface area contributed by atoms with E-state index in [0.717, 1.165) is 37.1 Å². The third kappa shape index (κ3) is 4.22. The van der Waals surface area contributed by atoms with Gasteiger partial charge in [0.05, 0.1) is 31.2 Å². The van der Waals surface area contributed by atoms with Crippen LogP contribution in [0.5, 0.6) is 0 Å². The van der Waals surface area contributed by atoms with Crippen LogP contribution in [0, 0.1) is 5.92 Å². The van der Waals surface area contributed by atoms with Gasteiger partial charge in [-0.15, -0.1) is 0 Å². The van der Waals surface area contributed by atoms with Gasteiger partial charge in [0, 0.05) is 29.9 Å². The fraction of sp³-hybridized carbons (Fsp3) is 0.310. The second-order valence-electron chi connectivity index (χ2n) is 10.3. The van der Waals surface area contributed by atoms with E-state index in [4.69, 9.17) is 4.74 Å². The zero-order valence-electron chi connectivity index (χ0n) is 20.4. The largest absolute Gasteiger partial charge is 0.453 e. The SMILES string of the molecule is O=C(C[N+]12CCC(CC1)[C@@H](OC(=O)C1(O)c3ccccc3C=Cc3ccccc31)C2)Nc1cncnc1. The summed E-state index contributed by atoms with van der Waals surface area (Å²) in [6, 6.07) is 14.8. The number of anilines is 1. The summed E-state index contributed by atoms with van der Waals surface area (Å²) >= 11 is 0. The van der Waals surface area contributed by atoms with E-state index in [-0.39, 0.29) is 24.5 Å². The molecule has 3 saturated heterocycles. The Bertz CT molecular complexity index is 1320. The molecule has 3 aliphatic heterocycles. The van der Waals surface area contributed by atoms with Crippen LogP contribution in [0.1, 0.15) is 35.1 Å². The third-order valence-corrected chi connectivity index (χ3v) is 8.06. The molecule has 1 aromatic heterocycles. The molecule has 3 aromatic rings. The fourth-order valence-electron chi connectivity index (χ4n) is 6.16. The highest BCUT2D eigenvalue weighted by molar-refractivity contribution is 5.92. The van der Waals surface area contributed by atoms with Crippen molar-refractivity contribution in [2.24, 2.45) is 5.92 Å². The van der Waals surface area contributed by atoms with Crippen molar-refractivity contribution in [3.05, 3.63) is 89.5 Å². The summed E-state index contributed by atoms with van der Waals surface area (Å²) in [5.74, 6) is -0.567. The average molecular weight is 498 g/mol. The van der Waals surface area contributed by atoms with Crippen molar-refractivity contribution in [1.29, 1.82) is 0 Å². The smallest absolute Gasteiger partial charge is 0.348 e. The van der Waals surface area contributed by atoms with Crippen molar-refractivity contribution in [3.63, 3.8) is 0 Å². The normalized spacial score (nSPS) is 24.9. The fourth-order valence-corrected chi connectivity index (χ4v) is 6.16. The number of hydrogen-bond donors (Lipinski definition) is 2. The Labute approximate surface area is 215 Å². The maximum Gasteiger partial charge on any atom is 0.348 e. The summed E-state index contributed by atoms with van der Waals surface area (Å²) in [5.41, 5.74) is 1.20. The van der Waals surface area contributed by atoms with Crippen LogP contribution in [0.25, 0.3) is 12.2 Å². The van der Waals surface area contributed by atoms with E-state index < -0.39 is 11.6 Å². The highest BCUT2D eigenvalue weighted by atomic mass is 16.6. The molecule has 8 nitrogen and oxygen atoms in total. The predicted molar refractivity (Wildman–Crippen MR) is 138 cm³/mol. The lowest BCUT2D eigenvalue weighted by Crippen LogP contribution is -2.66. The summed E-state index contributed by atoms with van der Waals surface area (Å²) in [7, 11) is 0. The maximum atomic E-state index is 13.9. The first kappa shape index (κ1) is 23.5. The highest BCUT2D eigenvalue weighted by Gasteiger charge is 2.52. The maximum absolute atomic E-state index is 13.9. The van der Waals surface area contributed by atoms with E-state index >= 15 is 0 Å². The second-order valence-corrected chi connectivity index (χ2v) is 10.3. The molecule has 1 atom stereocenters. The number of aromatic nitrogens is 2. The number of aliphatic hydroxyl groups is 1. The van der Waals surface area contributed by atoms with Crippen LogP contribution < -0.4 is 5.32 Å². The van der Waals surface area contributed by atoms with Crippen LogP contribution in [-0.2, 0) is 19.9 Å². The lowest BCUT2D eigenvalue weighted by Gasteiger charge is -2.51. The molecule has 7 rings (SSSR count). The molecule has 1 amide bonds. The van der Waals surface area contributed by atoms with Crippen LogP contribution in [0.15, 0.2) is 67.3 Å². The van der Waals surface area contributed by atoms with E-state index in [1.54, 1.807) is 24.5 Å². The number of rotatable bonds is 5. The Morgan fingerprint density at radius 1 is 0.973 bits per heavy atom. The van der Waals surface area contributed by atoms with Crippen LogP contribution >= 0.6 is 0 Å². The van der Waals surface area contributed by atoms with Crippen molar-refractivity contribution in [2.45, 2.75) is 24.5 Å². The lowest BCUT2D eigenvalue weighted by molar-refractivity contribution is -0.939. The van der Waals surface area contributed by atoms with Crippen molar-refractivity contribution >= 4 is 29.7 Å². The van der Waals surface area contributed by atoms with E-state index in [2.05, 4.69) is 15.3 Å². The number of nitrogens with one attached hydrogen (secondary N) is 1. The standard InChI is InChI=1S/C29H28N4O4/c34-27(32-23-15-30-19-31-16-23)18-33-13-11-22(12-14-33)26(17-33)37-28(35)29(36)24-7-3-1-5-20(24)9-10-21-6-2-4-8-25(21)29/h1-10,15-16,19,22,26,36H,11-14,17-18H2/p+1/t22?,26-,33?/m0/s1. The van der Waals surface area contributed by atoms with Crippen LogP contribution in [-0.4, -0.2) is 63.7 Å². The number of amides is 1. The molecule has 8 heteroatoms. The van der Waals surface area contributed by atoms with Crippen molar-refractivity contribution in [1.82, 2.24) is 9.97 Å². The van der Waals surface area contributed by atoms with Gasteiger partial charge in [0.15, 0.2) is 12.6 Å². The Morgan fingerprint density at radius 2 is 1.57 bits per heavy atom. The minimum atomic E-state index is -1.93. The monoisotopic (exact) mass is 497 g/mol. The van der Waals surface area contributed by atoms with E-state index in [1.807, 2.05) is 48.6 Å². The molecule has 3 fully saturated rings. The zero-order valence-corrected chi connectivity index (χ0v) is 20.4. The number of nitrogens with zero attached hydrogens (tertiary/aromatic N) is 3. The van der Waals surface area contributed by atoms with E-state index in [1.165, 1.54) is 6.33 Å². The van der Waals surface area contributed by atoms with Gasteiger partial charge < -0.3 is 19.6 Å². The highest BCUT2D eigenvalue weighted by Crippen LogP contribution is 2.41. The molecule has 4 heterocycles. The van der Waals surface area contributed by atoms with Crippen LogP contribution in [0.4, 0.5) is 5.69 Å². The number of ether oxygens (including phenoxy) is 1. The van der Waals surface area contributed by atoms with Gasteiger partial charge in [-0.3, -0.25) is 4.79 Å². The lowest BCUT2D eigenvalue weighted by atomic mass is 9.81. The number of carbonyl (C=O) groups is 2. The quantitative estimate of drug-likeness (QED) is 0.415. The van der Waals surface area contributed by atoms with Gasteiger partial charge in [-0.25, -0.2) is 14.8 Å². The number of hydrogen-bond acceptors (Lipinski definition) is 6. The second kappa shape index (κ2) is 9.21. The Balaban J connectivity index is 1.25. The van der Waals surface area contributed by atoms with Gasteiger partial charge >= 0.3 is 5.97 Å². The first-order valence-electron chi connectivity index (χ1n) is 12.7. The Kier molecular flexibility index (Phi) is 5.85. The Morgan fingerprint density at radius 3 is 2.19 bits per heavy atom. The molecule has 4 aliphatic rings. The van der Waals surface area contributed by atoms with Crippen molar-refractivity contribution in [3.8, 4) is 0 Å². The molecular formula is C29H29N4O4+.